The van der Waals surface area contributed by atoms with E-state index in [0.29, 0.717) is 25.7 Å². The van der Waals surface area contributed by atoms with Crippen LogP contribution in [-0.2, 0) is 65.4 Å². The summed E-state index contributed by atoms with van der Waals surface area (Å²) in [5.41, 5.74) is 0. The Morgan fingerprint density at radius 3 is 0.687 bits per heavy atom. The number of rotatable bonds is 80. The largest absolute Gasteiger partial charge is 0.472 e. The number of unbranched alkanes of at least 4 members (excludes halogenated alkanes) is 52. The van der Waals surface area contributed by atoms with Gasteiger partial charge in [-0.2, -0.15) is 0 Å². The van der Waals surface area contributed by atoms with Crippen molar-refractivity contribution in [1.82, 2.24) is 0 Å². The van der Waals surface area contributed by atoms with E-state index < -0.39 is 97.5 Å². The second-order valence-corrected chi connectivity index (χ2v) is 32.2. The lowest BCUT2D eigenvalue weighted by molar-refractivity contribution is -0.161. The van der Waals surface area contributed by atoms with E-state index in [2.05, 4.69) is 34.6 Å². The number of carbonyl (C=O) groups excluding carboxylic acids is 4. The molecule has 0 bridgehead atoms. The first-order valence-corrected chi connectivity index (χ1v) is 44.6. The normalized spacial score (nSPS) is 13.9. The van der Waals surface area contributed by atoms with E-state index in [9.17, 15) is 43.2 Å². The molecule has 0 aliphatic rings. The second kappa shape index (κ2) is 73.0. The summed E-state index contributed by atoms with van der Waals surface area (Å²) in [7, 11) is -9.91. The maximum absolute atomic E-state index is 13.1. The summed E-state index contributed by atoms with van der Waals surface area (Å²) in [6, 6.07) is 0. The zero-order valence-electron chi connectivity index (χ0n) is 64.6. The molecule has 0 aromatic rings. The average molecular weight is 1450 g/mol. The number of hydrogen-bond donors (Lipinski definition) is 3. The van der Waals surface area contributed by atoms with Gasteiger partial charge in [0.2, 0.25) is 0 Å². The summed E-state index contributed by atoms with van der Waals surface area (Å²) in [4.78, 5) is 72.9. The Morgan fingerprint density at radius 1 is 0.273 bits per heavy atom. The maximum atomic E-state index is 13.1. The van der Waals surface area contributed by atoms with Gasteiger partial charge in [-0.3, -0.25) is 37.3 Å². The number of ether oxygens (including phenoxy) is 4. The van der Waals surface area contributed by atoms with Crippen LogP contribution in [0, 0.1) is 5.92 Å². The van der Waals surface area contributed by atoms with Gasteiger partial charge in [0.15, 0.2) is 12.2 Å². The zero-order valence-corrected chi connectivity index (χ0v) is 66.4. The van der Waals surface area contributed by atoms with E-state index in [1.165, 1.54) is 250 Å². The third kappa shape index (κ3) is 74.1. The molecule has 19 heteroatoms. The Hall–Kier alpha value is -1.94. The lowest BCUT2D eigenvalue weighted by atomic mass is 10.0. The lowest BCUT2D eigenvalue weighted by Gasteiger charge is -2.21. The van der Waals surface area contributed by atoms with Crippen LogP contribution < -0.4 is 0 Å². The minimum Gasteiger partial charge on any atom is -0.462 e. The van der Waals surface area contributed by atoms with Crippen molar-refractivity contribution in [2.24, 2.45) is 5.92 Å². The fourth-order valence-corrected chi connectivity index (χ4v) is 14.0. The molecule has 0 saturated carbocycles. The zero-order chi connectivity index (χ0) is 72.7. The maximum Gasteiger partial charge on any atom is 0.472 e. The molecule has 0 aliphatic carbocycles. The van der Waals surface area contributed by atoms with Gasteiger partial charge >= 0.3 is 39.5 Å². The summed E-state index contributed by atoms with van der Waals surface area (Å²) in [5.74, 6) is -1.29. The first-order valence-electron chi connectivity index (χ1n) is 41.6. The summed E-state index contributed by atoms with van der Waals surface area (Å²) in [6.07, 6.45) is 63.8. The minimum absolute atomic E-state index is 0.108. The van der Waals surface area contributed by atoms with E-state index in [4.69, 9.17) is 37.0 Å². The van der Waals surface area contributed by atoms with Gasteiger partial charge < -0.3 is 33.8 Å². The van der Waals surface area contributed by atoms with Crippen molar-refractivity contribution in [2.75, 3.05) is 39.6 Å². The number of phosphoric acid groups is 2. The number of aliphatic hydroxyl groups is 1. The number of hydrogen-bond acceptors (Lipinski definition) is 15. The van der Waals surface area contributed by atoms with Crippen molar-refractivity contribution in [1.29, 1.82) is 0 Å². The van der Waals surface area contributed by atoms with Crippen LogP contribution in [-0.4, -0.2) is 96.7 Å². The Bertz CT molecular complexity index is 1890. The highest BCUT2D eigenvalue weighted by Gasteiger charge is 2.30. The van der Waals surface area contributed by atoms with Crippen molar-refractivity contribution < 1.29 is 80.2 Å². The van der Waals surface area contributed by atoms with E-state index in [1.807, 2.05) is 0 Å². The van der Waals surface area contributed by atoms with E-state index in [-0.39, 0.29) is 25.7 Å². The molecule has 0 fully saturated rings. The molecule has 17 nitrogen and oxygen atoms in total. The molecule has 588 valence electrons. The monoisotopic (exact) mass is 1450 g/mol. The fourth-order valence-electron chi connectivity index (χ4n) is 12.4. The Morgan fingerprint density at radius 2 is 0.465 bits per heavy atom. The third-order valence-electron chi connectivity index (χ3n) is 18.8. The van der Waals surface area contributed by atoms with Gasteiger partial charge in [0.1, 0.15) is 19.3 Å². The molecule has 0 rings (SSSR count). The van der Waals surface area contributed by atoms with Crippen LogP contribution in [0.25, 0.3) is 0 Å². The van der Waals surface area contributed by atoms with Crippen LogP contribution in [0.15, 0.2) is 0 Å². The smallest absolute Gasteiger partial charge is 0.462 e. The van der Waals surface area contributed by atoms with E-state index >= 15 is 0 Å². The molecule has 0 aromatic heterocycles. The fraction of sp³-hybridized carbons (Fsp3) is 0.950. The summed E-state index contributed by atoms with van der Waals surface area (Å²) >= 11 is 0. The number of phosphoric ester groups is 2. The van der Waals surface area contributed by atoms with Crippen LogP contribution in [0.1, 0.15) is 426 Å². The Labute approximate surface area is 607 Å². The molecule has 0 radical (unpaired) electrons. The highest BCUT2D eigenvalue weighted by Crippen LogP contribution is 2.45. The van der Waals surface area contributed by atoms with Crippen molar-refractivity contribution >= 4 is 39.5 Å². The van der Waals surface area contributed by atoms with Gasteiger partial charge in [0, 0.05) is 25.7 Å². The molecular weight excluding hydrogens is 1290 g/mol. The van der Waals surface area contributed by atoms with Crippen LogP contribution in [0.5, 0.6) is 0 Å². The first kappa shape index (κ1) is 97.1. The quantitative estimate of drug-likeness (QED) is 0.0222. The predicted octanol–water partition coefficient (Wildman–Crippen LogP) is 24.0. The van der Waals surface area contributed by atoms with Crippen LogP contribution in [0.3, 0.4) is 0 Å². The number of aliphatic hydroxyl groups excluding tert-OH is 1. The summed E-state index contributed by atoms with van der Waals surface area (Å²) in [6.45, 7) is 7.34. The van der Waals surface area contributed by atoms with Crippen molar-refractivity contribution in [2.45, 2.75) is 445 Å². The van der Waals surface area contributed by atoms with Gasteiger partial charge in [0.25, 0.3) is 0 Å². The third-order valence-corrected chi connectivity index (χ3v) is 20.7. The van der Waals surface area contributed by atoms with Gasteiger partial charge in [-0.1, -0.05) is 375 Å². The number of esters is 4. The van der Waals surface area contributed by atoms with Crippen molar-refractivity contribution in [3.05, 3.63) is 0 Å². The molecule has 0 saturated heterocycles. The van der Waals surface area contributed by atoms with E-state index in [0.717, 1.165) is 95.8 Å². The average Bonchev–Trinajstić information content (AvgIpc) is 1.18. The molecular formula is C80H156O17P2. The minimum atomic E-state index is -4.96. The standard InChI is InChI=1S/C80H156O17P2/c1-6-9-12-15-18-21-23-25-26-29-33-36-40-44-49-54-59-64-78(83)91-70-76(97-80(85)66-61-56-51-46-41-37-34-31-28-27-30-32-35-38-43-47-52-57-62-73(4)5)72-95-99(88,89)93-68-74(81)67-92-98(86,87)94-71-75(69-90-77(82)63-58-53-48-42-20-17-14-11-8-3)96-79(84)65-60-55-50-45-39-24-22-19-16-13-10-7-2/h73-76,81H,6-72H2,1-5H3,(H,86,87)(H,88,89)/t74-,75+,76+/m0/s1. The van der Waals surface area contributed by atoms with Crippen molar-refractivity contribution in [3.63, 3.8) is 0 Å². The molecule has 0 spiro atoms. The molecule has 3 N–H and O–H groups in total. The molecule has 0 heterocycles. The topological polar surface area (TPSA) is 237 Å². The molecule has 0 aromatic carbocycles. The number of carbonyl (C=O) groups is 4. The predicted molar refractivity (Wildman–Crippen MR) is 405 cm³/mol. The first-order chi connectivity index (χ1) is 48.0. The molecule has 2 unspecified atom stereocenters. The van der Waals surface area contributed by atoms with Crippen LogP contribution >= 0.6 is 15.6 Å². The van der Waals surface area contributed by atoms with Gasteiger partial charge in [-0.05, 0) is 31.6 Å². The van der Waals surface area contributed by atoms with Gasteiger partial charge in [0.05, 0.1) is 26.4 Å². The van der Waals surface area contributed by atoms with E-state index in [1.54, 1.807) is 0 Å². The Balaban J connectivity index is 5.20. The lowest BCUT2D eigenvalue weighted by Crippen LogP contribution is -2.30. The highest BCUT2D eigenvalue weighted by molar-refractivity contribution is 7.47. The van der Waals surface area contributed by atoms with Crippen molar-refractivity contribution in [3.8, 4) is 0 Å². The van der Waals surface area contributed by atoms with Gasteiger partial charge in [-0.15, -0.1) is 0 Å². The molecule has 0 amide bonds. The van der Waals surface area contributed by atoms with Crippen LogP contribution in [0.2, 0.25) is 0 Å². The Kier molecular flexibility index (Phi) is 71.6. The summed E-state index contributed by atoms with van der Waals surface area (Å²) < 4.78 is 68.6. The second-order valence-electron chi connectivity index (χ2n) is 29.3. The molecule has 0 aliphatic heterocycles. The van der Waals surface area contributed by atoms with Crippen LogP contribution in [0.4, 0.5) is 0 Å². The molecule has 99 heavy (non-hydrogen) atoms. The van der Waals surface area contributed by atoms with Gasteiger partial charge in [-0.25, -0.2) is 9.13 Å². The summed E-state index contributed by atoms with van der Waals surface area (Å²) in [5, 5.41) is 10.6. The molecule has 5 atom stereocenters. The SMILES string of the molecule is CCCCCCCCCCCCCCCCCCCC(=O)OC[C@H](COP(=O)(O)OC[C@@H](O)COP(=O)(O)OC[C@@H](COC(=O)CCCCCCCCCCC)OC(=O)CCCCCCCCCCCCCC)OC(=O)CCCCCCCCCCCCCCCCCCCCC(C)C. The highest BCUT2D eigenvalue weighted by atomic mass is 31.2.